The normalized spacial score (nSPS) is 22.1. The van der Waals surface area contributed by atoms with Crippen molar-refractivity contribution in [2.45, 2.75) is 31.3 Å². The first kappa shape index (κ1) is 24.5. The molecule has 4 rings (SSSR count). The van der Waals surface area contributed by atoms with Gasteiger partial charge in [-0.25, -0.2) is 13.1 Å². The number of benzene rings is 1. The largest absolute Gasteiger partial charge is 0.491 e. The number of para-hydroxylation sites is 1. The molecule has 0 saturated carbocycles. The van der Waals surface area contributed by atoms with Gasteiger partial charge in [0.25, 0.3) is 8.53 Å². The summed E-state index contributed by atoms with van der Waals surface area (Å²) in [6, 6.07) is 5.41. The number of hydrogen-bond acceptors (Lipinski definition) is 10. The van der Waals surface area contributed by atoms with Crippen LogP contribution in [0, 0.1) is 17.9 Å². The van der Waals surface area contributed by atoms with Crippen LogP contribution in [0.3, 0.4) is 0 Å². The number of nitrogens with two attached hydrogens (primary N) is 1. The smallest absolute Gasteiger partial charge is 0.253 e. The van der Waals surface area contributed by atoms with E-state index in [9.17, 15) is 0 Å². The Labute approximate surface area is 224 Å². The van der Waals surface area contributed by atoms with E-state index >= 15 is 0 Å². The zero-order valence-corrected chi connectivity index (χ0v) is 21.5. The highest BCUT2D eigenvalue weighted by Crippen LogP contribution is 2.46. The molecule has 1 fully saturated rings. The van der Waals surface area contributed by atoms with E-state index < -0.39 is 34.0 Å². The molecule has 0 bridgehead atoms. The lowest BCUT2D eigenvalue weighted by atomic mass is 10.2. The quantitative estimate of drug-likeness (QED) is 0.144. The maximum absolute atomic E-state index is 7.34. The Balaban J connectivity index is 1.50. The first-order valence-electron chi connectivity index (χ1n) is 12.5. The highest BCUT2D eigenvalue weighted by molar-refractivity contribution is 7.71. The van der Waals surface area contributed by atoms with Gasteiger partial charge in [0.1, 0.15) is 30.4 Å². The second-order valence-electron chi connectivity index (χ2n) is 7.93. The summed E-state index contributed by atoms with van der Waals surface area (Å²) < 4.78 is 51.0. The third-order valence-electron chi connectivity index (χ3n) is 5.45. The Bertz CT molecular complexity index is 1290. The van der Waals surface area contributed by atoms with Crippen molar-refractivity contribution in [1.82, 2.24) is 9.55 Å². The van der Waals surface area contributed by atoms with Crippen molar-refractivity contribution in [2.24, 2.45) is 5.50 Å². The lowest BCUT2D eigenvalue weighted by Crippen LogP contribution is -2.28. The van der Waals surface area contributed by atoms with E-state index in [-0.39, 0.29) is 24.5 Å². The molecular weight excluding hydrogens is 519 g/mol. The summed E-state index contributed by atoms with van der Waals surface area (Å²) in [4.78, 5) is 11.1. The summed E-state index contributed by atoms with van der Waals surface area (Å²) in [5, 5.41) is 3.23. The SMILES string of the molecule is [2H]C([3H])OC[C@H]1O[C@@H](n2cc3c(nc2=S)Nc2c(OCCC[N+]#[C-])cccc2O3)C[C@H]1OP(N)OCC[N+]#[C-]. The van der Waals surface area contributed by atoms with Crippen LogP contribution in [0.25, 0.3) is 9.69 Å². The maximum Gasteiger partial charge on any atom is 0.253 e. The lowest BCUT2D eigenvalue weighted by Gasteiger charge is -2.25. The Morgan fingerprint density at radius 1 is 1.38 bits per heavy atom. The first-order valence-corrected chi connectivity index (χ1v) is 13.0. The van der Waals surface area contributed by atoms with Gasteiger partial charge in [-0.05, 0) is 24.4 Å². The number of nitrogens with one attached hydrogen (secondary N) is 1. The number of ether oxygens (including phenoxy) is 4. The molecular formula is C23H27N6O6PS. The number of nitrogens with zero attached hydrogens (tertiary/aromatic N) is 4. The van der Waals surface area contributed by atoms with E-state index in [1.165, 1.54) is 0 Å². The van der Waals surface area contributed by atoms with Crippen LogP contribution in [0.15, 0.2) is 24.4 Å². The molecule has 196 valence electrons. The van der Waals surface area contributed by atoms with Gasteiger partial charge < -0.3 is 43.0 Å². The molecule has 3 heterocycles. The van der Waals surface area contributed by atoms with Crippen LogP contribution in [-0.2, 0) is 18.5 Å². The molecule has 2 unspecified atom stereocenters. The molecule has 0 amide bonds. The van der Waals surface area contributed by atoms with Crippen molar-refractivity contribution in [3.8, 4) is 17.2 Å². The van der Waals surface area contributed by atoms with Crippen LogP contribution in [0.4, 0.5) is 11.5 Å². The lowest BCUT2D eigenvalue weighted by molar-refractivity contribution is -0.0507. The van der Waals surface area contributed by atoms with Crippen LogP contribution < -0.4 is 20.3 Å². The van der Waals surface area contributed by atoms with E-state index in [1.807, 2.05) is 6.07 Å². The van der Waals surface area contributed by atoms with Crippen LogP contribution in [0.5, 0.6) is 17.2 Å². The number of anilines is 2. The van der Waals surface area contributed by atoms with E-state index in [4.69, 9.17) is 61.6 Å². The van der Waals surface area contributed by atoms with Gasteiger partial charge in [-0.1, -0.05) is 6.07 Å². The van der Waals surface area contributed by atoms with Crippen LogP contribution in [-0.4, -0.2) is 61.7 Å². The molecule has 0 aliphatic carbocycles. The van der Waals surface area contributed by atoms with Crippen molar-refractivity contribution in [3.05, 3.63) is 52.0 Å². The van der Waals surface area contributed by atoms with E-state index in [0.717, 1.165) is 0 Å². The minimum absolute atomic E-state index is 0.0696. The number of fused-ring (bicyclic) bond motifs is 2. The number of rotatable bonds is 12. The molecule has 1 aromatic carbocycles. The maximum atomic E-state index is 7.34. The monoisotopic (exact) mass is 549 g/mol. The topological polar surface area (TPSA) is 120 Å². The predicted octanol–water partition coefficient (Wildman–Crippen LogP) is 4.59. The van der Waals surface area contributed by atoms with Crippen molar-refractivity contribution in [1.29, 1.82) is 0 Å². The van der Waals surface area contributed by atoms with Gasteiger partial charge in [-0.15, -0.1) is 0 Å². The molecule has 12 nitrogen and oxygen atoms in total. The van der Waals surface area contributed by atoms with E-state index in [1.54, 1.807) is 22.9 Å². The van der Waals surface area contributed by atoms with Crippen molar-refractivity contribution in [2.75, 3.05) is 45.3 Å². The summed E-state index contributed by atoms with van der Waals surface area (Å²) in [5.41, 5.74) is 6.59. The summed E-state index contributed by atoms with van der Waals surface area (Å²) in [6.07, 6.45) is 0.783. The fourth-order valence-corrected chi connectivity index (χ4v) is 4.86. The van der Waals surface area contributed by atoms with Gasteiger partial charge in [-0.2, -0.15) is 4.98 Å². The fraction of sp³-hybridized carbons (Fsp3) is 0.478. The molecule has 5 atom stereocenters. The van der Waals surface area contributed by atoms with Crippen molar-refractivity contribution >= 4 is 32.2 Å². The summed E-state index contributed by atoms with van der Waals surface area (Å²) in [7, 11) is -3.27. The summed E-state index contributed by atoms with van der Waals surface area (Å²) in [5.74, 6) is 1.95. The number of methoxy groups -OCH3 is 1. The Hall–Kier alpha value is -2.87. The highest BCUT2D eigenvalue weighted by atomic mass is 32.1. The molecule has 2 aromatic rings. The molecule has 2 aliphatic heterocycles. The fourth-order valence-electron chi connectivity index (χ4n) is 3.79. The molecule has 2 aliphatic rings. The molecule has 0 radical (unpaired) electrons. The highest BCUT2D eigenvalue weighted by Gasteiger charge is 2.39. The Morgan fingerprint density at radius 3 is 3.05 bits per heavy atom. The molecule has 0 spiro atoms. The third kappa shape index (κ3) is 6.72. The van der Waals surface area contributed by atoms with Crippen molar-refractivity contribution < 1.29 is 30.7 Å². The molecule has 1 saturated heterocycles. The van der Waals surface area contributed by atoms with Gasteiger partial charge in [0.05, 0.1) is 34.7 Å². The van der Waals surface area contributed by atoms with Crippen LogP contribution in [0.1, 0.15) is 21.8 Å². The van der Waals surface area contributed by atoms with Gasteiger partial charge in [0.2, 0.25) is 17.9 Å². The molecule has 3 N–H and O–H groups in total. The Morgan fingerprint density at radius 2 is 2.24 bits per heavy atom. The second kappa shape index (κ2) is 13.1. The van der Waals surface area contributed by atoms with Crippen LogP contribution >= 0.6 is 20.7 Å². The second-order valence-corrected chi connectivity index (χ2v) is 9.33. The third-order valence-corrected chi connectivity index (χ3v) is 6.67. The average Bonchev–Trinajstić information content (AvgIpc) is 3.30. The standard InChI is InChI=1S/C23H27N6O6PS/c1-25-8-5-10-31-15-6-4-7-16-21(15)27-22-18(33-16)13-29(23(37)28-22)20-12-17(19(34-20)14-30-3)35-36(24)32-11-9-26-2/h4,6-7,13,17,19-20H,5,8-12,14,24H2,3H3,(H,27,28,37)/t17-,19-,20-,36?/m1/s1/i3TD/t3?,17-,19-,20-,36?. The van der Waals surface area contributed by atoms with E-state index in [0.29, 0.717) is 54.7 Å². The van der Waals surface area contributed by atoms with Gasteiger partial charge in [0, 0.05) is 13.5 Å². The number of hydrogen-bond donors (Lipinski definition) is 2. The minimum atomic E-state index is -1.78. The molecule has 1 aromatic heterocycles. The number of aromatic nitrogens is 2. The van der Waals surface area contributed by atoms with Gasteiger partial charge >= 0.3 is 0 Å². The van der Waals surface area contributed by atoms with Crippen LogP contribution in [0.2, 0.25) is 0 Å². The molecule has 14 heteroatoms. The average molecular weight is 550 g/mol. The predicted molar refractivity (Wildman–Crippen MR) is 138 cm³/mol. The van der Waals surface area contributed by atoms with Crippen molar-refractivity contribution in [3.63, 3.8) is 0 Å². The van der Waals surface area contributed by atoms with Gasteiger partial charge in [0.15, 0.2) is 17.3 Å². The summed E-state index contributed by atoms with van der Waals surface area (Å²) >= 11 is 5.56. The Kier molecular flexibility index (Phi) is 8.65. The molecule has 37 heavy (non-hydrogen) atoms. The van der Waals surface area contributed by atoms with E-state index in [2.05, 4.69) is 20.0 Å². The summed E-state index contributed by atoms with van der Waals surface area (Å²) in [6.45, 7) is 14.8. The van der Waals surface area contributed by atoms with Gasteiger partial charge in [-0.3, -0.25) is 10.1 Å². The zero-order valence-electron chi connectivity index (χ0n) is 21.7. The minimum Gasteiger partial charge on any atom is -0.491 e. The zero-order chi connectivity index (χ0) is 27.8. The first-order chi connectivity index (χ1) is 18.9.